The normalized spacial score (nSPS) is 13.2. The largest absolute Gasteiger partial charge is 0.491 e. The van der Waals surface area contributed by atoms with Gasteiger partial charge in [-0.15, -0.1) is 0 Å². The van der Waals surface area contributed by atoms with Gasteiger partial charge in [-0.05, 0) is 53.9 Å². The Kier molecular flexibility index (Phi) is 5.53. The maximum absolute atomic E-state index is 12.7. The summed E-state index contributed by atoms with van der Waals surface area (Å²) in [5.41, 5.74) is 2.82. The van der Waals surface area contributed by atoms with E-state index in [2.05, 4.69) is 0 Å². The zero-order valence-electron chi connectivity index (χ0n) is 14.6. The van der Waals surface area contributed by atoms with E-state index in [0.29, 0.717) is 37.6 Å². The standard InChI is InChI=1S/C20H21NO5/c1-25-10-11-26-18-6-4-15(5-7-18)19(22)21-9-8-14-2-3-16(20(23)24)12-17(14)13-21/h2-7,12H,8-11,13H2,1H3,(H,23,24). The summed E-state index contributed by atoms with van der Waals surface area (Å²) in [5.74, 6) is -0.339. The van der Waals surface area contributed by atoms with Gasteiger partial charge in [-0.3, -0.25) is 4.79 Å². The Hall–Kier alpha value is -2.86. The van der Waals surface area contributed by atoms with Crippen LogP contribution in [0.1, 0.15) is 31.8 Å². The van der Waals surface area contributed by atoms with E-state index in [4.69, 9.17) is 14.6 Å². The van der Waals surface area contributed by atoms with Crippen LogP contribution in [0.3, 0.4) is 0 Å². The van der Waals surface area contributed by atoms with Crippen LogP contribution in [0.5, 0.6) is 5.75 Å². The van der Waals surface area contributed by atoms with Crippen LogP contribution >= 0.6 is 0 Å². The fourth-order valence-electron chi connectivity index (χ4n) is 2.98. The SMILES string of the molecule is COCCOc1ccc(C(=O)N2CCc3ccc(C(=O)O)cc3C2)cc1. The van der Waals surface area contributed by atoms with Crippen molar-refractivity contribution < 1.29 is 24.2 Å². The Balaban J connectivity index is 1.69. The maximum Gasteiger partial charge on any atom is 0.335 e. The van der Waals surface area contributed by atoms with Gasteiger partial charge in [0.05, 0.1) is 12.2 Å². The summed E-state index contributed by atoms with van der Waals surface area (Å²) in [6.07, 6.45) is 0.721. The fraction of sp³-hybridized carbons (Fsp3) is 0.300. The number of fused-ring (bicyclic) bond motifs is 1. The molecular weight excluding hydrogens is 334 g/mol. The van der Waals surface area contributed by atoms with E-state index in [0.717, 1.165) is 17.5 Å². The Bertz CT molecular complexity index is 800. The average Bonchev–Trinajstić information content (AvgIpc) is 2.67. The van der Waals surface area contributed by atoms with Gasteiger partial charge in [0.15, 0.2) is 0 Å². The van der Waals surface area contributed by atoms with Crippen LogP contribution in [0.4, 0.5) is 0 Å². The third-order valence-corrected chi connectivity index (χ3v) is 4.41. The molecule has 0 aliphatic carbocycles. The van der Waals surface area contributed by atoms with Crippen LogP contribution in [-0.2, 0) is 17.7 Å². The first-order valence-electron chi connectivity index (χ1n) is 8.44. The highest BCUT2D eigenvalue weighted by Crippen LogP contribution is 2.23. The number of amides is 1. The predicted molar refractivity (Wildman–Crippen MR) is 95.7 cm³/mol. The molecule has 0 unspecified atom stereocenters. The van der Waals surface area contributed by atoms with Gasteiger partial charge in [0.25, 0.3) is 5.91 Å². The molecular formula is C20H21NO5. The highest BCUT2D eigenvalue weighted by atomic mass is 16.5. The molecule has 2 aromatic carbocycles. The van der Waals surface area contributed by atoms with Crippen molar-refractivity contribution in [2.24, 2.45) is 0 Å². The minimum Gasteiger partial charge on any atom is -0.491 e. The smallest absolute Gasteiger partial charge is 0.335 e. The first-order chi connectivity index (χ1) is 12.6. The van der Waals surface area contributed by atoms with Gasteiger partial charge >= 0.3 is 5.97 Å². The molecule has 3 rings (SSSR count). The van der Waals surface area contributed by atoms with Crippen LogP contribution in [0.15, 0.2) is 42.5 Å². The van der Waals surface area contributed by atoms with E-state index in [1.54, 1.807) is 48.4 Å². The minimum atomic E-state index is -0.958. The molecule has 0 saturated carbocycles. The Morgan fingerprint density at radius 1 is 1.04 bits per heavy atom. The van der Waals surface area contributed by atoms with E-state index < -0.39 is 5.97 Å². The predicted octanol–water partition coefficient (Wildman–Crippen LogP) is 2.61. The number of carboxylic acid groups (broad SMARTS) is 1. The second-order valence-electron chi connectivity index (χ2n) is 6.13. The molecule has 26 heavy (non-hydrogen) atoms. The molecule has 0 radical (unpaired) electrons. The van der Waals surface area contributed by atoms with Crippen molar-refractivity contribution in [3.8, 4) is 5.75 Å². The van der Waals surface area contributed by atoms with E-state index in [9.17, 15) is 9.59 Å². The molecule has 6 heteroatoms. The number of methoxy groups -OCH3 is 1. The number of hydrogen-bond donors (Lipinski definition) is 1. The van der Waals surface area contributed by atoms with Crippen LogP contribution in [0.2, 0.25) is 0 Å². The molecule has 0 aromatic heterocycles. The summed E-state index contributed by atoms with van der Waals surface area (Å²) in [6.45, 7) is 2.00. The summed E-state index contributed by atoms with van der Waals surface area (Å²) in [5, 5.41) is 9.14. The number of carboxylic acids is 1. The topological polar surface area (TPSA) is 76.1 Å². The zero-order valence-corrected chi connectivity index (χ0v) is 14.6. The molecule has 1 N–H and O–H groups in total. The first-order valence-corrected chi connectivity index (χ1v) is 8.44. The second kappa shape index (κ2) is 8.01. The lowest BCUT2D eigenvalue weighted by Crippen LogP contribution is -2.36. The lowest BCUT2D eigenvalue weighted by molar-refractivity contribution is 0.0696. The maximum atomic E-state index is 12.7. The Labute approximate surface area is 152 Å². The average molecular weight is 355 g/mol. The molecule has 1 aliphatic heterocycles. The lowest BCUT2D eigenvalue weighted by Gasteiger charge is -2.29. The third kappa shape index (κ3) is 4.03. The number of carbonyl (C=O) groups excluding carboxylic acids is 1. The summed E-state index contributed by atoms with van der Waals surface area (Å²) < 4.78 is 10.4. The van der Waals surface area contributed by atoms with Gasteiger partial charge in [-0.25, -0.2) is 4.79 Å². The number of benzene rings is 2. The highest BCUT2D eigenvalue weighted by Gasteiger charge is 2.22. The summed E-state index contributed by atoms with van der Waals surface area (Å²) in [4.78, 5) is 25.6. The summed E-state index contributed by atoms with van der Waals surface area (Å²) in [7, 11) is 1.61. The van der Waals surface area contributed by atoms with E-state index in [1.807, 2.05) is 6.07 Å². The van der Waals surface area contributed by atoms with Crippen molar-refractivity contribution in [2.75, 3.05) is 26.9 Å². The minimum absolute atomic E-state index is 0.0696. The van der Waals surface area contributed by atoms with E-state index in [-0.39, 0.29) is 11.5 Å². The second-order valence-corrected chi connectivity index (χ2v) is 6.13. The van der Waals surface area contributed by atoms with E-state index >= 15 is 0 Å². The fourth-order valence-corrected chi connectivity index (χ4v) is 2.98. The number of aromatic carboxylic acids is 1. The van der Waals surface area contributed by atoms with E-state index in [1.165, 1.54) is 0 Å². The molecule has 0 fully saturated rings. The Morgan fingerprint density at radius 3 is 2.46 bits per heavy atom. The highest BCUT2D eigenvalue weighted by molar-refractivity contribution is 5.94. The summed E-state index contributed by atoms with van der Waals surface area (Å²) in [6, 6.07) is 12.1. The van der Waals surface area contributed by atoms with Gasteiger partial charge in [0.1, 0.15) is 12.4 Å². The van der Waals surface area contributed by atoms with Crippen LogP contribution in [-0.4, -0.2) is 48.8 Å². The number of carbonyl (C=O) groups is 2. The molecule has 2 aromatic rings. The van der Waals surface area contributed by atoms with Crippen LogP contribution in [0.25, 0.3) is 0 Å². The molecule has 1 amide bonds. The molecule has 6 nitrogen and oxygen atoms in total. The van der Waals surface area contributed by atoms with Gasteiger partial charge in [0.2, 0.25) is 0 Å². The number of ether oxygens (including phenoxy) is 2. The number of rotatable bonds is 6. The van der Waals surface area contributed by atoms with Gasteiger partial charge in [-0.2, -0.15) is 0 Å². The molecule has 0 atom stereocenters. The summed E-state index contributed by atoms with van der Waals surface area (Å²) >= 11 is 0. The molecule has 136 valence electrons. The molecule has 0 bridgehead atoms. The van der Waals surface area contributed by atoms with Gasteiger partial charge < -0.3 is 19.5 Å². The van der Waals surface area contributed by atoms with Crippen molar-refractivity contribution in [2.45, 2.75) is 13.0 Å². The van der Waals surface area contributed by atoms with Crippen molar-refractivity contribution in [3.05, 3.63) is 64.7 Å². The van der Waals surface area contributed by atoms with Crippen LogP contribution in [0, 0.1) is 0 Å². The van der Waals surface area contributed by atoms with Crippen molar-refractivity contribution >= 4 is 11.9 Å². The van der Waals surface area contributed by atoms with Crippen LogP contribution < -0.4 is 4.74 Å². The third-order valence-electron chi connectivity index (χ3n) is 4.41. The van der Waals surface area contributed by atoms with Crippen molar-refractivity contribution in [3.63, 3.8) is 0 Å². The van der Waals surface area contributed by atoms with Crippen molar-refractivity contribution in [1.82, 2.24) is 4.90 Å². The lowest BCUT2D eigenvalue weighted by atomic mass is 9.97. The number of hydrogen-bond acceptors (Lipinski definition) is 4. The molecule has 0 saturated heterocycles. The molecule has 0 spiro atoms. The van der Waals surface area contributed by atoms with Gasteiger partial charge in [0, 0.05) is 25.8 Å². The molecule has 1 heterocycles. The zero-order chi connectivity index (χ0) is 18.5. The molecule has 1 aliphatic rings. The number of nitrogens with zero attached hydrogens (tertiary/aromatic N) is 1. The van der Waals surface area contributed by atoms with Crippen molar-refractivity contribution in [1.29, 1.82) is 0 Å². The van der Waals surface area contributed by atoms with Gasteiger partial charge in [-0.1, -0.05) is 6.07 Å². The Morgan fingerprint density at radius 2 is 1.77 bits per heavy atom. The monoisotopic (exact) mass is 355 g/mol. The quantitative estimate of drug-likeness (QED) is 0.806. The first kappa shape index (κ1) is 17.9.